The molecule has 1 atom stereocenters. The number of likely N-dealkylation sites (N-methyl/N-ethyl adjacent to an activating group) is 1. The quantitative estimate of drug-likeness (QED) is 0.364. The lowest BCUT2D eigenvalue weighted by atomic mass is 10.0. The van der Waals surface area contributed by atoms with Gasteiger partial charge in [0.25, 0.3) is 11.8 Å². The predicted octanol–water partition coefficient (Wildman–Crippen LogP) is 3.66. The Kier molecular flexibility index (Phi) is 7.73. The van der Waals surface area contributed by atoms with Crippen LogP contribution >= 0.6 is 11.3 Å². The Hall–Kier alpha value is -4.48. The Bertz CT molecular complexity index is 1440. The lowest BCUT2D eigenvalue weighted by Gasteiger charge is -2.25. The first kappa shape index (κ1) is 24.6. The highest BCUT2D eigenvalue weighted by atomic mass is 32.1. The Morgan fingerprint density at radius 1 is 1.00 bits per heavy atom. The summed E-state index contributed by atoms with van der Waals surface area (Å²) >= 11 is 1.53. The highest BCUT2D eigenvalue weighted by molar-refractivity contribution is 7.16. The van der Waals surface area contributed by atoms with E-state index < -0.39 is 11.9 Å². The molecule has 180 valence electrons. The first-order chi connectivity index (χ1) is 17.5. The van der Waals surface area contributed by atoms with Crippen molar-refractivity contribution < 1.29 is 14.4 Å². The molecule has 0 unspecified atom stereocenters. The van der Waals surface area contributed by atoms with Crippen LogP contribution in [0.25, 0.3) is 10.2 Å². The Morgan fingerprint density at radius 3 is 2.50 bits per heavy atom. The van der Waals surface area contributed by atoms with Gasteiger partial charge in [0.2, 0.25) is 5.91 Å². The fourth-order valence-corrected chi connectivity index (χ4v) is 4.40. The number of thiazole rings is 1. The molecule has 3 amide bonds. The maximum absolute atomic E-state index is 13.6. The molecule has 0 spiro atoms. The fourth-order valence-electron chi connectivity index (χ4n) is 3.74. The average Bonchev–Trinajstić information content (AvgIpc) is 3.39. The minimum atomic E-state index is -0.838. The molecule has 0 radical (unpaired) electrons. The number of hydrogen-bond donors (Lipinski definition) is 2. The van der Waals surface area contributed by atoms with Crippen molar-refractivity contribution in [3.63, 3.8) is 0 Å². The van der Waals surface area contributed by atoms with Crippen LogP contribution in [0.5, 0.6) is 0 Å². The number of nitrogens with zero attached hydrogens (tertiary/aromatic N) is 2. The molecule has 0 saturated carbocycles. The van der Waals surface area contributed by atoms with E-state index in [0.717, 1.165) is 15.8 Å². The lowest BCUT2D eigenvalue weighted by Crippen LogP contribution is -2.48. The van der Waals surface area contributed by atoms with Crippen molar-refractivity contribution in [2.75, 3.05) is 18.5 Å². The van der Waals surface area contributed by atoms with Gasteiger partial charge in [0.1, 0.15) is 6.04 Å². The van der Waals surface area contributed by atoms with E-state index in [2.05, 4.69) is 21.5 Å². The van der Waals surface area contributed by atoms with Crippen LogP contribution < -0.4 is 15.5 Å². The molecule has 3 aromatic carbocycles. The number of fused-ring (bicyclic) bond motifs is 1. The van der Waals surface area contributed by atoms with E-state index in [1.54, 1.807) is 30.8 Å². The van der Waals surface area contributed by atoms with Gasteiger partial charge >= 0.3 is 0 Å². The number of benzene rings is 3. The van der Waals surface area contributed by atoms with E-state index in [4.69, 9.17) is 6.42 Å². The van der Waals surface area contributed by atoms with Crippen LogP contribution in [-0.4, -0.2) is 42.3 Å². The second-order valence-electron chi connectivity index (χ2n) is 8.09. The summed E-state index contributed by atoms with van der Waals surface area (Å²) in [7, 11) is 1.68. The van der Waals surface area contributed by atoms with E-state index in [-0.39, 0.29) is 23.9 Å². The van der Waals surface area contributed by atoms with E-state index in [0.29, 0.717) is 17.7 Å². The minimum Gasteiger partial charge on any atom is -0.341 e. The topological polar surface area (TPSA) is 91.4 Å². The van der Waals surface area contributed by atoms with Gasteiger partial charge in [0.15, 0.2) is 0 Å². The number of carbonyl (C=O) groups is 3. The largest absolute Gasteiger partial charge is 0.341 e. The first-order valence-corrected chi connectivity index (χ1v) is 12.1. The maximum atomic E-state index is 13.6. The average molecular weight is 497 g/mol. The summed E-state index contributed by atoms with van der Waals surface area (Å²) in [4.78, 5) is 44.9. The third kappa shape index (κ3) is 5.77. The zero-order valence-corrected chi connectivity index (χ0v) is 20.4. The molecule has 1 aromatic heterocycles. The maximum Gasteiger partial charge on any atom is 0.252 e. The van der Waals surface area contributed by atoms with Crippen molar-refractivity contribution in [3.05, 3.63) is 95.0 Å². The molecular weight excluding hydrogens is 472 g/mol. The summed E-state index contributed by atoms with van der Waals surface area (Å²) in [6.45, 7) is 0.0853. The third-order valence-corrected chi connectivity index (χ3v) is 6.47. The summed E-state index contributed by atoms with van der Waals surface area (Å²) < 4.78 is 1.03. The monoisotopic (exact) mass is 496 g/mol. The standard InChI is InChI=1S/C28H24N4O3S/c1-3-14-29-26(33)20-10-7-11-21(16-20)27(34)31-24(15-19-8-5-4-6-9-19)28(35)32(2)22-12-13-25-23(17-22)30-18-36-25/h1,4-13,16-18,24H,14-15H2,2H3,(H,29,33)(H,31,34)/t24-/m0/s1. The lowest BCUT2D eigenvalue weighted by molar-refractivity contribution is -0.120. The van der Waals surface area contributed by atoms with Crippen LogP contribution in [0.15, 0.2) is 78.3 Å². The molecule has 2 N–H and O–H groups in total. The molecule has 0 aliphatic carbocycles. The van der Waals surface area contributed by atoms with Crippen molar-refractivity contribution in [2.24, 2.45) is 0 Å². The van der Waals surface area contributed by atoms with Gasteiger partial charge in [-0.3, -0.25) is 14.4 Å². The van der Waals surface area contributed by atoms with E-state index >= 15 is 0 Å². The van der Waals surface area contributed by atoms with E-state index in [9.17, 15) is 14.4 Å². The summed E-state index contributed by atoms with van der Waals surface area (Å²) in [5.41, 5.74) is 4.72. The van der Waals surface area contributed by atoms with Crippen LogP contribution in [0.4, 0.5) is 5.69 Å². The van der Waals surface area contributed by atoms with Crippen molar-refractivity contribution in [3.8, 4) is 12.3 Å². The van der Waals surface area contributed by atoms with Gasteiger partial charge in [-0.15, -0.1) is 17.8 Å². The van der Waals surface area contributed by atoms with Crippen LogP contribution in [0.3, 0.4) is 0 Å². The first-order valence-electron chi connectivity index (χ1n) is 11.2. The summed E-state index contributed by atoms with van der Waals surface area (Å²) in [6, 6.07) is 20.6. The zero-order valence-electron chi connectivity index (χ0n) is 19.6. The van der Waals surface area contributed by atoms with Gasteiger partial charge in [-0.05, 0) is 42.0 Å². The summed E-state index contributed by atoms with van der Waals surface area (Å²) in [5, 5.41) is 5.44. The second-order valence-corrected chi connectivity index (χ2v) is 8.97. The molecule has 0 bridgehead atoms. The van der Waals surface area contributed by atoms with Crippen LogP contribution in [0.2, 0.25) is 0 Å². The second kappa shape index (κ2) is 11.3. The smallest absolute Gasteiger partial charge is 0.252 e. The third-order valence-electron chi connectivity index (χ3n) is 5.66. The Balaban J connectivity index is 1.57. The Labute approximate surface area is 213 Å². The van der Waals surface area contributed by atoms with Crippen LogP contribution in [0.1, 0.15) is 26.3 Å². The van der Waals surface area contributed by atoms with Crippen LogP contribution in [-0.2, 0) is 11.2 Å². The molecule has 1 heterocycles. The highest BCUT2D eigenvalue weighted by Gasteiger charge is 2.26. The van der Waals surface area contributed by atoms with Crippen LogP contribution in [0, 0.1) is 12.3 Å². The molecule has 0 aliphatic rings. The SMILES string of the molecule is C#CCNC(=O)c1cccc(C(=O)N[C@@H](Cc2ccccc2)C(=O)N(C)c2ccc3scnc3c2)c1. The number of terminal acetylenes is 1. The summed E-state index contributed by atoms with van der Waals surface area (Å²) in [6.07, 6.45) is 5.50. The van der Waals surface area contributed by atoms with E-state index in [1.807, 2.05) is 48.5 Å². The van der Waals surface area contributed by atoms with Gasteiger partial charge in [-0.25, -0.2) is 4.98 Å². The zero-order chi connectivity index (χ0) is 25.5. The normalized spacial score (nSPS) is 11.3. The van der Waals surface area contributed by atoms with Crippen molar-refractivity contribution in [1.29, 1.82) is 0 Å². The molecule has 8 heteroatoms. The van der Waals surface area contributed by atoms with Gasteiger partial charge in [-0.2, -0.15) is 0 Å². The Morgan fingerprint density at radius 2 is 1.75 bits per heavy atom. The molecule has 0 aliphatic heterocycles. The fraction of sp³-hybridized carbons (Fsp3) is 0.143. The van der Waals surface area contributed by atoms with Crippen molar-refractivity contribution in [2.45, 2.75) is 12.5 Å². The van der Waals surface area contributed by atoms with E-state index in [1.165, 1.54) is 22.3 Å². The van der Waals surface area contributed by atoms with Gasteiger partial charge in [0, 0.05) is 30.3 Å². The van der Waals surface area contributed by atoms with Crippen molar-refractivity contribution >= 4 is 45.0 Å². The number of rotatable bonds is 8. The van der Waals surface area contributed by atoms with Gasteiger partial charge in [0.05, 0.1) is 22.3 Å². The molecule has 0 saturated heterocycles. The van der Waals surface area contributed by atoms with Gasteiger partial charge in [-0.1, -0.05) is 42.3 Å². The number of hydrogen-bond acceptors (Lipinski definition) is 5. The number of anilines is 1. The van der Waals surface area contributed by atoms with Crippen molar-refractivity contribution in [1.82, 2.24) is 15.6 Å². The number of carbonyl (C=O) groups excluding carboxylic acids is 3. The van der Waals surface area contributed by atoms with Gasteiger partial charge < -0.3 is 15.5 Å². The number of nitrogens with one attached hydrogen (secondary N) is 2. The highest BCUT2D eigenvalue weighted by Crippen LogP contribution is 2.24. The molecular formula is C28H24N4O3S. The number of aromatic nitrogens is 1. The number of amides is 3. The molecule has 4 rings (SSSR count). The minimum absolute atomic E-state index is 0.0853. The summed E-state index contributed by atoms with van der Waals surface area (Å²) in [5.74, 6) is 1.23. The molecule has 0 fully saturated rings. The molecule has 4 aromatic rings. The molecule has 36 heavy (non-hydrogen) atoms. The molecule has 7 nitrogen and oxygen atoms in total. The predicted molar refractivity (Wildman–Crippen MR) is 142 cm³/mol.